The van der Waals surface area contributed by atoms with Crippen molar-refractivity contribution in [3.05, 3.63) is 0 Å². The van der Waals surface area contributed by atoms with Gasteiger partial charge in [0.2, 0.25) is 0 Å². The lowest BCUT2D eigenvalue weighted by Crippen LogP contribution is -2.18. The Kier molecular flexibility index (Phi) is 17.2. The first-order valence-corrected chi connectivity index (χ1v) is 12.0. The largest absolute Gasteiger partial charge is 0.397 e. The third-order valence-electron chi connectivity index (χ3n) is 4.77. The van der Waals surface area contributed by atoms with Gasteiger partial charge in [0.05, 0.1) is 6.10 Å². The Balaban J connectivity index is 3.77. The molecular weight excluding hydrogens is 336 g/mol. The molecule has 25 heavy (non-hydrogen) atoms. The van der Waals surface area contributed by atoms with E-state index in [2.05, 4.69) is 13.8 Å². The van der Waals surface area contributed by atoms with Crippen LogP contribution in [0.3, 0.4) is 0 Å². The van der Waals surface area contributed by atoms with Crippen molar-refractivity contribution >= 4 is 10.4 Å². The second-order valence-corrected chi connectivity index (χ2v) is 8.37. The van der Waals surface area contributed by atoms with Crippen LogP contribution in [-0.2, 0) is 14.6 Å². The van der Waals surface area contributed by atoms with Crippen LogP contribution >= 0.6 is 0 Å². The maximum absolute atomic E-state index is 11.0. The Labute approximate surface area is 157 Å². The van der Waals surface area contributed by atoms with E-state index < -0.39 is 10.4 Å². The molecule has 0 bridgehead atoms. The third kappa shape index (κ3) is 20.0. The van der Waals surface area contributed by atoms with Gasteiger partial charge in [0, 0.05) is 0 Å². The van der Waals surface area contributed by atoms with Crippen molar-refractivity contribution in [2.24, 2.45) is 0 Å². The predicted molar refractivity (Wildman–Crippen MR) is 106 cm³/mol. The standard InChI is InChI=1S/C20H42O4S/c1-3-5-7-9-11-12-13-15-17-19-20(24-25(21,22)23)18-16-14-10-8-6-4-2/h20H,3-19H2,1-2H3,(H,21,22,23). The summed E-state index contributed by atoms with van der Waals surface area (Å²) in [6.45, 7) is 4.43. The molecule has 0 aromatic heterocycles. The average molecular weight is 379 g/mol. The Hall–Kier alpha value is -0.130. The minimum absolute atomic E-state index is 0.356. The first-order chi connectivity index (χ1) is 12.0. The highest BCUT2D eigenvalue weighted by Gasteiger charge is 2.16. The summed E-state index contributed by atoms with van der Waals surface area (Å²) in [5.41, 5.74) is 0. The molecule has 152 valence electrons. The van der Waals surface area contributed by atoms with Crippen LogP contribution in [0.25, 0.3) is 0 Å². The van der Waals surface area contributed by atoms with Gasteiger partial charge in [-0.05, 0) is 12.8 Å². The van der Waals surface area contributed by atoms with Gasteiger partial charge in [0.15, 0.2) is 0 Å². The number of unbranched alkanes of at least 4 members (excludes halogenated alkanes) is 13. The van der Waals surface area contributed by atoms with E-state index in [0.29, 0.717) is 0 Å². The highest BCUT2D eigenvalue weighted by molar-refractivity contribution is 7.80. The number of hydrogen-bond donors (Lipinski definition) is 1. The van der Waals surface area contributed by atoms with Gasteiger partial charge in [-0.2, -0.15) is 8.42 Å². The van der Waals surface area contributed by atoms with Crippen molar-refractivity contribution in [2.45, 2.75) is 129 Å². The van der Waals surface area contributed by atoms with Crippen molar-refractivity contribution in [3.8, 4) is 0 Å². The fraction of sp³-hybridized carbons (Fsp3) is 1.00. The molecule has 0 saturated carbocycles. The lowest BCUT2D eigenvalue weighted by Gasteiger charge is -2.15. The lowest BCUT2D eigenvalue weighted by atomic mass is 10.0. The average Bonchev–Trinajstić information content (AvgIpc) is 2.55. The molecule has 0 spiro atoms. The van der Waals surface area contributed by atoms with Crippen LogP contribution < -0.4 is 0 Å². The third-order valence-corrected chi connectivity index (χ3v) is 5.28. The van der Waals surface area contributed by atoms with E-state index >= 15 is 0 Å². The quantitative estimate of drug-likeness (QED) is 0.197. The van der Waals surface area contributed by atoms with Crippen molar-refractivity contribution in [2.75, 3.05) is 0 Å². The zero-order chi connectivity index (χ0) is 18.8. The molecule has 5 heteroatoms. The summed E-state index contributed by atoms with van der Waals surface area (Å²) in [6.07, 6.45) is 19.3. The number of rotatable bonds is 19. The summed E-state index contributed by atoms with van der Waals surface area (Å²) in [7, 11) is -4.33. The Morgan fingerprint density at radius 2 is 0.960 bits per heavy atom. The molecule has 0 aromatic carbocycles. The number of hydrogen-bond acceptors (Lipinski definition) is 3. The van der Waals surface area contributed by atoms with E-state index in [1.54, 1.807) is 0 Å². The molecular formula is C20H42O4S. The van der Waals surface area contributed by atoms with Crippen LogP contribution in [0.1, 0.15) is 123 Å². The molecule has 0 saturated heterocycles. The van der Waals surface area contributed by atoms with E-state index in [1.165, 1.54) is 70.6 Å². The Morgan fingerprint density at radius 3 is 1.28 bits per heavy atom. The predicted octanol–water partition coefficient (Wildman–Crippen LogP) is 6.85. The van der Waals surface area contributed by atoms with Gasteiger partial charge in [0.1, 0.15) is 0 Å². The van der Waals surface area contributed by atoms with E-state index in [-0.39, 0.29) is 6.10 Å². The van der Waals surface area contributed by atoms with E-state index in [4.69, 9.17) is 8.74 Å². The second kappa shape index (κ2) is 17.3. The Bertz CT molecular complexity index is 368. The van der Waals surface area contributed by atoms with Gasteiger partial charge in [-0.15, -0.1) is 0 Å². The van der Waals surface area contributed by atoms with E-state index in [9.17, 15) is 8.42 Å². The molecule has 4 nitrogen and oxygen atoms in total. The summed E-state index contributed by atoms with van der Waals surface area (Å²) in [4.78, 5) is 0. The van der Waals surface area contributed by atoms with Crippen LogP contribution in [0.15, 0.2) is 0 Å². The summed E-state index contributed by atoms with van der Waals surface area (Å²) in [6, 6.07) is 0. The molecule has 0 amide bonds. The molecule has 0 aliphatic carbocycles. The van der Waals surface area contributed by atoms with Gasteiger partial charge in [-0.3, -0.25) is 4.55 Å². The van der Waals surface area contributed by atoms with Crippen molar-refractivity contribution in [1.29, 1.82) is 0 Å². The lowest BCUT2D eigenvalue weighted by molar-refractivity contribution is 0.157. The highest BCUT2D eigenvalue weighted by atomic mass is 32.3. The van der Waals surface area contributed by atoms with Crippen LogP contribution in [0.5, 0.6) is 0 Å². The van der Waals surface area contributed by atoms with Gasteiger partial charge in [0.25, 0.3) is 0 Å². The maximum Gasteiger partial charge on any atom is 0.397 e. The second-order valence-electron chi connectivity index (χ2n) is 7.32. The van der Waals surface area contributed by atoms with Crippen LogP contribution in [-0.4, -0.2) is 19.1 Å². The van der Waals surface area contributed by atoms with E-state index in [0.717, 1.165) is 38.5 Å². The monoisotopic (exact) mass is 378 g/mol. The molecule has 0 aromatic rings. The normalized spacial score (nSPS) is 13.2. The van der Waals surface area contributed by atoms with Crippen LogP contribution in [0.4, 0.5) is 0 Å². The van der Waals surface area contributed by atoms with Gasteiger partial charge in [-0.1, -0.05) is 110 Å². The molecule has 0 radical (unpaired) electrons. The van der Waals surface area contributed by atoms with Crippen LogP contribution in [0.2, 0.25) is 0 Å². The fourth-order valence-corrected chi connectivity index (χ4v) is 3.78. The van der Waals surface area contributed by atoms with Gasteiger partial charge >= 0.3 is 10.4 Å². The summed E-state index contributed by atoms with van der Waals surface area (Å²) >= 11 is 0. The summed E-state index contributed by atoms with van der Waals surface area (Å²) < 4.78 is 35.8. The van der Waals surface area contributed by atoms with Gasteiger partial charge < -0.3 is 0 Å². The first-order valence-electron chi connectivity index (χ1n) is 10.6. The highest BCUT2D eigenvalue weighted by Crippen LogP contribution is 2.18. The smallest absolute Gasteiger partial charge is 0.264 e. The minimum atomic E-state index is -4.33. The molecule has 1 atom stereocenters. The maximum atomic E-state index is 11.0. The van der Waals surface area contributed by atoms with Crippen LogP contribution in [0, 0.1) is 0 Å². The van der Waals surface area contributed by atoms with Crippen molar-refractivity contribution in [3.63, 3.8) is 0 Å². The first kappa shape index (κ1) is 24.9. The SMILES string of the molecule is CCCCCCCCCCCC(CCCCCCCC)OS(=O)(=O)O. The summed E-state index contributed by atoms with van der Waals surface area (Å²) in [5.74, 6) is 0. The van der Waals surface area contributed by atoms with Crippen molar-refractivity contribution in [1.82, 2.24) is 0 Å². The molecule has 0 heterocycles. The molecule has 0 rings (SSSR count). The zero-order valence-electron chi connectivity index (χ0n) is 16.7. The Morgan fingerprint density at radius 1 is 0.640 bits per heavy atom. The van der Waals surface area contributed by atoms with Gasteiger partial charge in [-0.25, -0.2) is 4.18 Å². The molecule has 0 fully saturated rings. The molecule has 0 aliphatic heterocycles. The summed E-state index contributed by atoms with van der Waals surface area (Å²) in [5, 5.41) is 0. The molecule has 0 aliphatic rings. The minimum Gasteiger partial charge on any atom is -0.264 e. The molecule has 1 N–H and O–H groups in total. The topological polar surface area (TPSA) is 63.6 Å². The van der Waals surface area contributed by atoms with E-state index in [1.807, 2.05) is 0 Å². The fourth-order valence-electron chi connectivity index (χ4n) is 3.25. The molecule has 1 unspecified atom stereocenters. The van der Waals surface area contributed by atoms with Crippen molar-refractivity contribution < 1.29 is 17.2 Å². The zero-order valence-corrected chi connectivity index (χ0v) is 17.5.